The van der Waals surface area contributed by atoms with E-state index in [-0.39, 0.29) is 20.1 Å². The van der Waals surface area contributed by atoms with E-state index < -0.39 is 0 Å². The maximum absolute atomic E-state index is 9.22. The summed E-state index contributed by atoms with van der Waals surface area (Å²) >= 11 is 0. The minimum Gasteiger partial charge on any atom is -0.499 e. The Kier molecular flexibility index (Phi) is 7.25. The van der Waals surface area contributed by atoms with Crippen LogP contribution in [0.1, 0.15) is 5.56 Å². The zero-order valence-corrected chi connectivity index (χ0v) is 20.3. The topological polar surface area (TPSA) is 62.7 Å². The number of furan rings is 1. The number of pyridine rings is 2. The number of hydrogen-bond acceptors (Lipinski definition) is 4. The Morgan fingerprint density at radius 2 is 1.41 bits per heavy atom. The molecule has 0 fully saturated rings. The molecule has 4 nitrogen and oxygen atoms in total. The average Bonchev–Trinajstić information content (AvgIpc) is 3.30. The summed E-state index contributed by atoms with van der Waals surface area (Å²) in [6.45, 7) is 0. The van der Waals surface area contributed by atoms with Gasteiger partial charge in [0.25, 0.3) is 0 Å². The fourth-order valence-electron chi connectivity index (χ4n) is 3.63. The third kappa shape index (κ3) is 4.65. The number of fused-ring (bicyclic) bond motifs is 3. The van der Waals surface area contributed by atoms with Crippen molar-refractivity contribution in [2.75, 3.05) is 0 Å². The van der Waals surface area contributed by atoms with Gasteiger partial charge in [0.2, 0.25) is 0 Å². The van der Waals surface area contributed by atoms with Gasteiger partial charge in [-0.3, -0.25) is 0 Å². The van der Waals surface area contributed by atoms with Gasteiger partial charge in [-0.1, -0.05) is 47.3 Å². The van der Waals surface area contributed by atoms with Crippen LogP contribution in [0.2, 0.25) is 0 Å². The monoisotopic (exact) mass is 616 g/mol. The molecule has 3 heterocycles. The van der Waals surface area contributed by atoms with E-state index in [0.29, 0.717) is 16.7 Å². The molecule has 0 aliphatic rings. The summed E-state index contributed by atoms with van der Waals surface area (Å²) < 4.78 is 5.97. The van der Waals surface area contributed by atoms with E-state index in [1.807, 2.05) is 84.9 Å². The van der Waals surface area contributed by atoms with Crippen molar-refractivity contribution in [1.29, 1.82) is 5.26 Å². The molecular formula is C29H17IrN3O-2. The van der Waals surface area contributed by atoms with Crippen molar-refractivity contribution in [3.8, 4) is 28.6 Å². The van der Waals surface area contributed by atoms with E-state index in [2.05, 4.69) is 28.2 Å². The van der Waals surface area contributed by atoms with Gasteiger partial charge in [-0.05, 0) is 29.6 Å². The molecule has 6 rings (SSSR count). The van der Waals surface area contributed by atoms with E-state index in [4.69, 9.17) is 4.42 Å². The van der Waals surface area contributed by atoms with Crippen molar-refractivity contribution in [3.63, 3.8) is 0 Å². The van der Waals surface area contributed by atoms with Crippen molar-refractivity contribution in [1.82, 2.24) is 9.97 Å². The fraction of sp³-hybridized carbons (Fsp3) is 0. The predicted octanol–water partition coefficient (Wildman–Crippen LogP) is 6.87. The van der Waals surface area contributed by atoms with Crippen LogP contribution in [-0.2, 0) is 20.1 Å². The van der Waals surface area contributed by atoms with Crippen LogP contribution < -0.4 is 0 Å². The van der Waals surface area contributed by atoms with Gasteiger partial charge in [0, 0.05) is 37.9 Å². The zero-order chi connectivity index (χ0) is 22.5. The Hall–Kier alpha value is -4.10. The summed E-state index contributed by atoms with van der Waals surface area (Å²) in [5, 5.41) is 11.1. The SMILES string of the molecule is N#Cc1cccc2c1oc1c(-c3ccccn3)[c-]ccc12.[Ir].[c-]1ccccc1-c1ccccn1. The van der Waals surface area contributed by atoms with Crippen LogP contribution in [0.25, 0.3) is 44.5 Å². The zero-order valence-electron chi connectivity index (χ0n) is 17.9. The van der Waals surface area contributed by atoms with Crippen LogP contribution in [-0.4, -0.2) is 9.97 Å². The smallest absolute Gasteiger partial charge is 0.138 e. The van der Waals surface area contributed by atoms with Crippen LogP contribution >= 0.6 is 0 Å². The molecule has 0 saturated carbocycles. The van der Waals surface area contributed by atoms with E-state index in [0.717, 1.165) is 33.3 Å². The molecule has 165 valence electrons. The summed E-state index contributed by atoms with van der Waals surface area (Å²) in [6.07, 6.45) is 3.53. The van der Waals surface area contributed by atoms with Gasteiger partial charge in [-0.2, -0.15) is 5.26 Å². The summed E-state index contributed by atoms with van der Waals surface area (Å²) in [5.41, 5.74) is 5.50. The first-order chi connectivity index (χ1) is 16.3. The number of aromatic nitrogens is 2. The summed E-state index contributed by atoms with van der Waals surface area (Å²) in [4.78, 5) is 8.57. The number of para-hydroxylation sites is 1. The minimum absolute atomic E-state index is 0. The third-order valence-corrected chi connectivity index (χ3v) is 5.15. The molecule has 0 unspecified atom stereocenters. The first kappa shape index (κ1) is 23.1. The van der Waals surface area contributed by atoms with Gasteiger partial charge in [-0.15, -0.1) is 54.1 Å². The van der Waals surface area contributed by atoms with Crippen molar-refractivity contribution >= 4 is 21.9 Å². The second-order valence-corrected chi connectivity index (χ2v) is 7.20. The second kappa shape index (κ2) is 10.7. The molecule has 0 aliphatic heterocycles. The molecule has 6 aromatic rings. The van der Waals surface area contributed by atoms with Gasteiger partial charge >= 0.3 is 0 Å². The molecule has 1 radical (unpaired) electrons. The van der Waals surface area contributed by atoms with Crippen LogP contribution in [0.15, 0.2) is 108 Å². The van der Waals surface area contributed by atoms with E-state index in [9.17, 15) is 5.26 Å². The van der Waals surface area contributed by atoms with Gasteiger partial charge < -0.3 is 14.4 Å². The molecule has 0 bridgehead atoms. The first-order valence-corrected chi connectivity index (χ1v) is 10.4. The number of benzene rings is 3. The van der Waals surface area contributed by atoms with Crippen LogP contribution in [0.4, 0.5) is 0 Å². The molecule has 0 amide bonds. The summed E-state index contributed by atoms with van der Waals surface area (Å²) in [6, 6.07) is 37.3. The molecule has 3 aromatic carbocycles. The first-order valence-electron chi connectivity index (χ1n) is 10.4. The average molecular weight is 616 g/mol. The Bertz CT molecular complexity index is 1520. The standard InChI is InChI=1S/C18H9N2O.C11H8N.Ir/c19-11-12-5-3-6-13-14-7-4-8-15(18(14)21-17(12)13)16-9-1-2-10-20-16;1-2-6-10(7-3-1)11-8-4-5-9-12-11;/h1-7,9-10H;1-6,8-9H;/q2*-1;. The molecule has 0 saturated heterocycles. The molecule has 34 heavy (non-hydrogen) atoms. The second-order valence-electron chi connectivity index (χ2n) is 7.20. The number of nitrogens with zero attached hydrogens (tertiary/aromatic N) is 3. The van der Waals surface area contributed by atoms with Crippen LogP contribution in [0.3, 0.4) is 0 Å². The largest absolute Gasteiger partial charge is 0.499 e. The number of rotatable bonds is 2. The van der Waals surface area contributed by atoms with Gasteiger partial charge in [0.15, 0.2) is 0 Å². The van der Waals surface area contributed by atoms with Crippen LogP contribution in [0, 0.1) is 23.5 Å². The maximum atomic E-state index is 9.22. The third-order valence-electron chi connectivity index (χ3n) is 5.15. The fourth-order valence-corrected chi connectivity index (χ4v) is 3.63. The quantitative estimate of drug-likeness (QED) is 0.200. The number of nitriles is 1. The molecule has 0 N–H and O–H groups in total. The van der Waals surface area contributed by atoms with E-state index in [1.54, 1.807) is 18.5 Å². The Balaban J connectivity index is 0.000000180. The predicted molar refractivity (Wildman–Crippen MR) is 129 cm³/mol. The van der Waals surface area contributed by atoms with Crippen molar-refractivity contribution in [2.45, 2.75) is 0 Å². The number of hydrogen-bond donors (Lipinski definition) is 0. The normalized spacial score (nSPS) is 10.1. The molecule has 3 aromatic heterocycles. The minimum atomic E-state index is 0. The molecule has 5 heteroatoms. The van der Waals surface area contributed by atoms with Crippen molar-refractivity contribution < 1.29 is 24.5 Å². The molecular weight excluding hydrogens is 599 g/mol. The van der Waals surface area contributed by atoms with Gasteiger partial charge in [0.05, 0.1) is 11.1 Å². The van der Waals surface area contributed by atoms with Crippen molar-refractivity contribution in [3.05, 3.63) is 121 Å². The Morgan fingerprint density at radius 3 is 2.09 bits per heavy atom. The Morgan fingerprint density at radius 1 is 0.676 bits per heavy atom. The van der Waals surface area contributed by atoms with E-state index in [1.165, 1.54) is 0 Å². The van der Waals surface area contributed by atoms with Gasteiger partial charge in [-0.25, -0.2) is 0 Å². The van der Waals surface area contributed by atoms with E-state index >= 15 is 0 Å². The maximum Gasteiger partial charge on any atom is 0.138 e. The molecule has 0 spiro atoms. The summed E-state index contributed by atoms with van der Waals surface area (Å²) in [7, 11) is 0. The molecule has 0 atom stereocenters. The Labute approximate surface area is 210 Å². The van der Waals surface area contributed by atoms with Crippen LogP contribution in [0.5, 0.6) is 0 Å². The van der Waals surface area contributed by atoms with Crippen molar-refractivity contribution in [2.24, 2.45) is 0 Å². The van der Waals surface area contributed by atoms with Gasteiger partial charge in [0.1, 0.15) is 11.7 Å². The summed E-state index contributed by atoms with van der Waals surface area (Å²) in [5.74, 6) is 0. The molecule has 0 aliphatic carbocycles.